The highest BCUT2D eigenvalue weighted by Crippen LogP contribution is 2.15. The van der Waals surface area contributed by atoms with Gasteiger partial charge in [-0.15, -0.1) is 0 Å². The predicted molar refractivity (Wildman–Crippen MR) is 79.1 cm³/mol. The SMILES string of the molecule is O=C(NCCNC(=O)c1ccc(F)c(F)c1F)c1ccccc1O. The molecule has 0 aliphatic carbocycles. The number of hydrogen-bond donors (Lipinski definition) is 3. The second-order valence-electron chi connectivity index (χ2n) is 4.75. The van der Waals surface area contributed by atoms with Gasteiger partial charge in [0.1, 0.15) is 5.75 Å². The van der Waals surface area contributed by atoms with Crippen LogP contribution >= 0.6 is 0 Å². The molecule has 3 N–H and O–H groups in total. The fourth-order valence-corrected chi connectivity index (χ4v) is 1.91. The number of carbonyl (C=O) groups is 2. The van der Waals surface area contributed by atoms with E-state index in [-0.39, 0.29) is 24.4 Å². The number of halogens is 3. The van der Waals surface area contributed by atoms with Crippen LogP contribution in [0.4, 0.5) is 13.2 Å². The molecule has 0 aliphatic heterocycles. The van der Waals surface area contributed by atoms with E-state index in [1.54, 1.807) is 12.1 Å². The Morgan fingerprint density at radius 1 is 0.833 bits per heavy atom. The van der Waals surface area contributed by atoms with Gasteiger partial charge in [-0.25, -0.2) is 13.2 Å². The smallest absolute Gasteiger partial charge is 0.255 e. The third kappa shape index (κ3) is 3.83. The van der Waals surface area contributed by atoms with E-state index in [0.717, 1.165) is 6.07 Å². The first-order valence-corrected chi connectivity index (χ1v) is 6.89. The average molecular weight is 338 g/mol. The first-order valence-electron chi connectivity index (χ1n) is 6.89. The molecule has 0 saturated heterocycles. The van der Waals surface area contributed by atoms with Crippen molar-refractivity contribution in [1.82, 2.24) is 10.6 Å². The zero-order valence-corrected chi connectivity index (χ0v) is 12.3. The number of aromatic hydroxyl groups is 1. The monoisotopic (exact) mass is 338 g/mol. The highest BCUT2D eigenvalue weighted by atomic mass is 19.2. The summed E-state index contributed by atoms with van der Waals surface area (Å²) in [6, 6.07) is 7.37. The van der Waals surface area contributed by atoms with Crippen molar-refractivity contribution in [2.24, 2.45) is 0 Å². The van der Waals surface area contributed by atoms with Crippen molar-refractivity contribution < 1.29 is 27.9 Å². The molecule has 0 saturated carbocycles. The van der Waals surface area contributed by atoms with Crippen LogP contribution in [0.1, 0.15) is 20.7 Å². The minimum atomic E-state index is -1.73. The quantitative estimate of drug-likeness (QED) is 0.576. The molecular formula is C16H13F3N2O3. The minimum absolute atomic E-state index is 0.00972. The highest BCUT2D eigenvalue weighted by Gasteiger charge is 2.18. The van der Waals surface area contributed by atoms with Gasteiger partial charge in [0.2, 0.25) is 0 Å². The summed E-state index contributed by atoms with van der Waals surface area (Å²) in [6.45, 7) is -0.0825. The van der Waals surface area contributed by atoms with Gasteiger partial charge in [0, 0.05) is 13.1 Å². The first kappa shape index (κ1) is 17.3. The molecule has 2 aromatic carbocycles. The Labute approximate surface area is 135 Å². The minimum Gasteiger partial charge on any atom is -0.507 e. The molecule has 0 atom stereocenters. The van der Waals surface area contributed by atoms with Crippen molar-refractivity contribution >= 4 is 11.8 Å². The summed E-state index contributed by atoms with van der Waals surface area (Å²) in [6.07, 6.45) is 0. The van der Waals surface area contributed by atoms with Gasteiger partial charge in [-0.05, 0) is 24.3 Å². The molecule has 0 bridgehead atoms. The molecule has 0 spiro atoms. The molecule has 0 radical (unpaired) electrons. The number of para-hydroxylation sites is 1. The lowest BCUT2D eigenvalue weighted by Gasteiger charge is -2.09. The fraction of sp³-hybridized carbons (Fsp3) is 0.125. The summed E-state index contributed by atoms with van der Waals surface area (Å²) in [4.78, 5) is 23.5. The number of nitrogens with one attached hydrogen (secondary N) is 2. The standard InChI is InChI=1S/C16H13F3N2O3/c17-11-6-5-10(13(18)14(11)19)16(24)21-8-7-20-15(23)9-3-1-2-4-12(9)22/h1-6,22H,7-8H2,(H,20,23)(H,21,24). The summed E-state index contributed by atoms with van der Waals surface area (Å²) in [7, 11) is 0. The number of amides is 2. The third-order valence-corrected chi connectivity index (χ3v) is 3.12. The van der Waals surface area contributed by atoms with E-state index in [1.165, 1.54) is 12.1 Å². The molecule has 126 valence electrons. The van der Waals surface area contributed by atoms with Crippen LogP contribution in [0.25, 0.3) is 0 Å². The van der Waals surface area contributed by atoms with Crippen LogP contribution in [0.5, 0.6) is 5.75 Å². The normalized spacial score (nSPS) is 10.3. The van der Waals surface area contributed by atoms with Gasteiger partial charge in [-0.3, -0.25) is 9.59 Å². The highest BCUT2D eigenvalue weighted by molar-refractivity contribution is 5.97. The topological polar surface area (TPSA) is 78.4 Å². The van der Waals surface area contributed by atoms with Crippen molar-refractivity contribution in [2.75, 3.05) is 13.1 Å². The van der Waals surface area contributed by atoms with E-state index in [2.05, 4.69) is 10.6 Å². The van der Waals surface area contributed by atoms with Crippen molar-refractivity contribution in [3.05, 3.63) is 65.0 Å². The second kappa shape index (κ2) is 7.49. The number of carbonyl (C=O) groups excluding carboxylic acids is 2. The number of rotatable bonds is 5. The van der Waals surface area contributed by atoms with Gasteiger partial charge in [0.25, 0.3) is 11.8 Å². The lowest BCUT2D eigenvalue weighted by molar-refractivity contribution is 0.0923. The molecular weight excluding hydrogens is 325 g/mol. The molecule has 24 heavy (non-hydrogen) atoms. The largest absolute Gasteiger partial charge is 0.507 e. The lowest BCUT2D eigenvalue weighted by atomic mass is 10.2. The zero-order valence-electron chi connectivity index (χ0n) is 12.3. The van der Waals surface area contributed by atoms with Crippen LogP contribution in [-0.2, 0) is 0 Å². The Balaban J connectivity index is 1.87. The second-order valence-corrected chi connectivity index (χ2v) is 4.75. The van der Waals surface area contributed by atoms with Crippen LogP contribution in [0.15, 0.2) is 36.4 Å². The molecule has 0 fully saturated rings. The predicted octanol–water partition coefficient (Wildman–Crippen LogP) is 1.97. The summed E-state index contributed by atoms with van der Waals surface area (Å²) in [5.74, 6) is -6.38. The summed E-state index contributed by atoms with van der Waals surface area (Å²) < 4.78 is 39.3. The Morgan fingerprint density at radius 2 is 1.42 bits per heavy atom. The molecule has 0 aliphatic rings. The Bertz CT molecular complexity index is 781. The van der Waals surface area contributed by atoms with E-state index in [1.807, 2.05) is 0 Å². The van der Waals surface area contributed by atoms with E-state index in [9.17, 15) is 27.9 Å². The maximum absolute atomic E-state index is 13.4. The van der Waals surface area contributed by atoms with Crippen LogP contribution in [0.2, 0.25) is 0 Å². The van der Waals surface area contributed by atoms with E-state index < -0.39 is 34.8 Å². The number of phenols is 1. The van der Waals surface area contributed by atoms with Gasteiger partial charge in [0.05, 0.1) is 11.1 Å². The van der Waals surface area contributed by atoms with Crippen molar-refractivity contribution in [2.45, 2.75) is 0 Å². The molecule has 0 unspecified atom stereocenters. The fourth-order valence-electron chi connectivity index (χ4n) is 1.91. The molecule has 2 amide bonds. The van der Waals surface area contributed by atoms with Crippen molar-refractivity contribution in [1.29, 1.82) is 0 Å². The van der Waals surface area contributed by atoms with Gasteiger partial charge >= 0.3 is 0 Å². The Kier molecular flexibility index (Phi) is 5.41. The van der Waals surface area contributed by atoms with Gasteiger partial charge in [-0.2, -0.15) is 0 Å². The van der Waals surface area contributed by atoms with Crippen LogP contribution in [-0.4, -0.2) is 30.0 Å². The van der Waals surface area contributed by atoms with Crippen LogP contribution < -0.4 is 10.6 Å². The third-order valence-electron chi connectivity index (χ3n) is 3.12. The summed E-state index contributed by atoms with van der Waals surface area (Å²) in [5, 5.41) is 14.2. The zero-order chi connectivity index (χ0) is 17.7. The number of hydrogen-bond acceptors (Lipinski definition) is 3. The first-order chi connectivity index (χ1) is 11.4. The summed E-state index contributed by atoms with van der Waals surface area (Å²) >= 11 is 0. The Hall–Kier alpha value is -3.03. The maximum atomic E-state index is 13.4. The van der Waals surface area contributed by atoms with Gasteiger partial charge in [-0.1, -0.05) is 12.1 Å². The van der Waals surface area contributed by atoms with Crippen LogP contribution in [0, 0.1) is 17.5 Å². The van der Waals surface area contributed by atoms with E-state index in [0.29, 0.717) is 6.07 Å². The Morgan fingerprint density at radius 3 is 2.04 bits per heavy atom. The molecule has 2 aromatic rings. The molecule has 2 rings (SSSR count). The van der Waals surface area contributed by atoms with E-state index >= 15 is 0 Å². The summed E-state index contributed by atoms with van der Waals surface area (Å²) in [5.41, 5.74) is -0.573. The van der Waals surface area contributed by atoms with E-state index in [4.69, 9.17) is 0 Å². The van der Waals surface area contributed by atoms with Gasteiger partial charge in [0.15, 0.2) is 17.5 Å². The van der Waals surface area contributed by atoms with Crippen molar-refractivity contribution in [3.63, 3.8) is 0 Å². The average Bonchev–Trinajstić information content (AvgIpc) is 2.56. The number of benzene rings is 2. The maximum Gasteiger partial charge on any atom is 0.255 e. The molecule has 5 nitrogen and oxygen atoms in total. The number of phenolic OH excluding ortho intramolecular Hbond substituents is 1. The lowest BCUT2D eigenvalue weighted by Crippen LogP contribution is -2.35. The van der Waals surface area contributed by atoms with Crippen molar-refractivity contribution in [3.8, 4) is 5.75 Å². The molecule has 8 heteroatoms. The molecule has 0 aromatic heterocycles. The van der Waals surface area contributed by atoms with Gasteiger partial charge < -0.3 is 15.7 Å². The molecule has 0 heterocycles. The van der Waals surface area contributed by atoms with Crippen LogP contribution in [0.3, 0.4) is 0 Å².